The Balaban J connectivity index is 1.45. The van der Waals surface area contributed by atoms with E-state index in [2.05, 4.69) is 20.9 Å². The molecular formula is C23H21F3N4O. The maximum Gasteiger partial charge on any atom is 0.416 e. The van der Waals surface area contributed by atoms with E-state index in [1.807, 2.05) is 31.2 Å². The Morgan fingerprint density at radius 1 is 0.935 bits per heavy atom. The lowest BCUT2D eigenvalue weighted by Gasteiger charge is -2.35. The van der Waals surface area contributed by atoms with Gasteiger partial charge < -0.3 is 9.80 Å². The third-order valence-corrected chi connectivity index (χ3v) is 5.29. The fraction of sp³-hybridized carbons (Fsp3) is 0.261. The lowest BCUT2D eigenvalue weighted by atomic mass is 10.1. The quantitative estimate of drug-likeness (QED) is 0.622. The second-order valence-electron chi connectivity index (χ2n) is 7.49. The topological polar surface area (TPSA) is 49.3 Å². The molecule has 1 fully saturated rings. The standard InChI is InChI=1S/C23H21F3N4O/c1-16-4-2-5-17(12-16)20-14-21(28-15-27-20)29-8-10-30(11-9-29)22(31)18-6-3-7-19(13-18)23(24,25)26/h2-7,12-15H,8-11H2,1H3. The van der Waals surface area contributed by atoms with Crippen molar-refractivity contribution >= 4 is 11.7 Å². The fourth-order valence-corrected chi connectivity index (χ4v) is 3.63. The minimum absolute atomic E-state index is 0.0482. The highest BCUT2D eigenvalue weighted by atomic mass is 19.4. The van der Waals surface area contributed by atoms with Crippen molar-refractivity contribution in [1.29, 1.82) is 0 Å². The van der Waals surface area contributed by atoms with Gasteiger partial charge in [-0.05, 0) is 31.2 Å². The Hall–Kier alpha value is -3.42. The van der Waals surface area contributed by atoms with E-state index in [9.17, 15) is 18.0 Å². The summed E-state index contributed by atoms with van der Waals surface area (Å²) in [6.45, 7) is 3.90. The summed E-state index contributed by atoms with van der Waals surface area (Å²) in [6.07, 6.45) is -2.95. The van der Waals surface area contributed by atoms with E-state index in [0.717, 1.165) is 34.8 Å². The molecule has 0 atom stereocenters. The van der Waals surface area contributed by atoms with E-state index in [1.165, 1.54) is 18.5 Å². The fourth-order valence-electron chi connectivity index (χ4n) is 3.63. The number of nitrogens with zero attached hydrogens (tertiary/aromatic N) is 4. The molecule has 0 aliphatic carbocycles. The van der Waals surface area contributed by atoms with E-state index in [0.29, 0.717) is 26.2 Å². The number of amides is 1. The number of benzene rings is 2. The molecule has 2 aromatic carbocycles. The van der Waals surface area contributed by atoms with Crippen LogP contribution in [0.1, 0.15) is 21.5 Å². The van der Waals surface area contributed by atoms with E-state index >= 15 is 0 Å². The molecule has 1 aliphatic rings. The summed E-state index contributed by atoms with van der Waals surface area (Å²) >= 11 is 0. The number of halogens is 3. The Morgan fingerprint density at radius 3 is 2.39 bits per heavy atom. The molecule has 3 aromatic rings. The van der Waals surface area contributed by atoms with Gasteiger partial charge >= 0.3 is 6.18 Å². The first-order chi connectivity index (χ1) is 14.8. The molecule has 4 rings (SSSR count). The van der Waals surface area contributed by atoms with Crippen molar-refractivity contribution in [2.24, 2.45) is 0 Å². The van der Waals surface area contributed by atoms with Crippen LogP contribution in [0.25, 0.3) is 11.3 Å². The highest BCUT2D eigenvalue weighted by Crippen LogP contribution is 2.30. The SMILES string of the molecule is Cc1cccc(-c2cc(N3CCN(C(=O)c4cccc(C(F)(F)F)c4)CC3)ncn2)c1. The zero-order valence-corrected chi connectivity index (χ0v) is 16.9. The first kappa shape index (κ1) is 20.8. The highest BCUT2D eigenvalue weighted by Gasteiger charge is 2.31. The molecule has 1 amide bonds. The minimum Gasteiger partial charge on any atom is -0.353 e. The number of anilines is 1. The third-order valence-electron chi connectivity index (χ3n) is 5.29. The van der Waals surface area contributed by atoms with Gasteiger partial charge in [-0.25, -0.2) is 9.97 Å². The number of aryl methyl sites for hydroxylation is 1. The van der Waals surface area contributed by atoms with Gasteiger partial charge in [0.25, 0.3) is 5.91 Å². The molecule has 1 aliphatic heterocycles. The number of carbonyl (C=O) groups is 1. The van der Waals surface area contributed by atoms with E-state index in [4.69, 9.17) is 0 Å². The second-order valence-corrected chi connectivity index (χ2v) is 7.49. The summed E-state index contributed by atoms with van der Waals surface area (Å²) in [5.74, 6) is 0.367. The normalized spacial score (nSPS) is 14.6. The maximum absolute atomic E-state index is 12.9. The molecule has 0 N–H and O–H groups in total. The van der Waals surface area contributed by atoms with Crippen LogP contribution in [-0.2, 0) is 6.18 Å². The van der Waals surface area contributed by atoms with E-state index in [1.54, 1.807) is 4.90 Å². The molecule has 0 unspecified atom stereocenters. The van der Waals surface area contributed by atoms with Crippen LogP contribution in [-0.4, -0.2) is 47.0 Å². The molecule has 0 spiro atoms. The van der Waals surface area contributed by atoms with Crippen LogP contribution in [0, 0.1) is 6.92 Å². The zero-order valence-electron chi connectivity index (χ0n) is 16.9. The summed E-state index contributed by atoms with van der Waals surface area (Å²) < 4.78 is 38.8. The van der Waals surface area contributed by atoms with Gasteiger partial charge in [0.05, 0.1) is 11.3 Å². The summed E-state index contributed by atoms with van der Waals surface area (Å²) in [5, 5.41) is 0. The van der Waals surface area contributed by atoms with Crippen LogP contribution >= 0.6 is 0 Å². The molecular weight excluding hydrogens is 405 g/mol. The van der Waals surface area contributed by atoms with Gasteiger partial charge in [-0.15, -0.1) is 0 Å². The predicted octanol–water partition coefficient (Wildman–Crippen LogP) is 4.43. The zero-order chi connectivity index (χ0) is 22.0. The van der Waals surface area contributed by atoms with Gasteiger partial charge in [0.15, 0.2) is 0 Å². The summed E-state index contributed by atoms with van der Waals surface area (Å²) in [7, 11) is 0. The number of hydrogen-bond acceptors (Lipinski definition) is 4. The molecule has 5 nitrogen and oxygen atoms in total. The second kappa shape index (κ2) is 8.37. The predicted molar refractivity (Wildman–Crippen MR) is 112 cm³/mol. The smallest absolute Gasteiger partial charge is 0.353 e. The Kier molecular flexibility index (Phi) is 5.63. The van der Waals surface area contributed by atoms with Crippen molar-refractivity contribution < 1.29 is 18.0 Å². The van der Waals surface area contributed by atoms with Crippen LogP contribution in [0.4, 0.5) is 19.0 Å². The molecule has 0 bridgehead atoms. The summed E-state index contributed by atoms with van der Waals surface area (Å²) in [5.41, 5.74) is 2.19. The molecule has 0 saturated carbocycles. The number of aromatic nitrogens is 2. The van der Waals surface area contributed by atoms with Crippen molar-refractivity contribution in [3.05, 3.63) is 77.6 Å². The Bertz CT molecular complexity index is 1090. The number of piperazine rings is 1. The van der Waals surface area contributed by atoms with Crippen LogP contribution < -0.4 is 4.90 Å². The average molecular weight is 426 g/mol. The summed E-state index contributed by atoms with van der Waals surface area (Å²) in [4.78, 5) is 25.1. The molecule has 1 saturated heterocycles. The Morgan fingerprint density at radius 2 is 1.68 bits per heavy atom. The van der Waals surface area contributed by atoms with Crippen LogP contribution in [0.15, 0.2) is 60.9 Å². The van der Waals surface area contributed by atoms with E-state index in [-0.39, 0.29) is 5.56 Å². The number of carbonyl (C=O) groups excluding carboxylic acids is 1. The van der Waals surface area contributed by atoms with Crippen molar-refractivity contribution in [3.8, 4) is 11.3 Å². The highest BCUT2D eigenvalue weighted by molar-refractivity contribution is 5.94. The largest absolute Gasteiger partial charge is 0.416 e. The van der Waals surface area contributed by atoms with Gasteiger partial charge in [0.1, 0.15) is 12.1 Å². The van der Waals surface area contributed by atoms with Gasteiger partial charge in [0, 0.05) is 43.4 Å². The molecule has 31 heavy (non-hydrogen) atoms. The average Bonchev–Trinajstić information content (AvgIpc) is 2.78. The number of alkyl halides is 3. The number of rotatable bonds is 3. The molecule has 0 radical (unpaired) electrons. The lowest BCUT2D eigenvalue weighted by molar-refractivity contribution is -0.137. The van der Waals surface area contributed by atoms with Gasteiger partial charge in [-0.1, -0.05) is 29.8 Å². The molecule has 8 heteroatoms. The molecule has 160 valence electrons. The number of hydrogen-bond donors (Lipinski definition) is 0. The van der Waals surface area contributed by atoms with Gasteiger partial charge in [-0.3, -0.25) is 4.79 Å². The van der Waals surface area contributed by atoms with Crippen molar-refractivity contribution in [1.82, 2.24) is 14.9 Å². The van der Waals surface area contributed by atoms with Crippen LogP contribution in [0.3, 0.4) is 0 Å². The van der Waals surface area contributed by atoms with Crippen molar-refractivity contribution in [3.63, 3.8) is 0 Å². The van der Waals surface area contributed by atoms with Crippen molar-refractivity contribution in [2.45, 2.75) is 13.1 Å². The summed E-state index contributed by atoms with van der Waals surface area (Å²) in [6, 6.07) is 14.5. The van der Waals surface area contributed by atoms with Crippen molar-refractivity contribution in [2.75, 3.05) is 31.1 Å². The Labute approximate surface area is 178 Å². The third kappa shape index (κ3) is 4.68. The van der Waals surface area contributed by atoms with Gasteiger partial charge in [-0.2, -0.15) is 13.2 Å². The monoisotopic (exact) mass is 426 g/mol. The van der Waals surface area contributed by atoms with Gasteiger partial charge in [0.2, 0.25) is 0 Å². The molecule has 1 aromatic heterocycles. The first-order valence-corrected chi connectivity index (χ1v) is 9.92. The first-order valence-electron chi connectivity index (χ1n) is 9.92. The maximum atomic E-state index is 12.9. The molecule has 2 heterocycles. The van der Waals surface area contributed by atoms with Crippen LogP contribution in [0.5, 0.6) is 0 Å². The van der Waals surface area contributed by atoms with E-state index < -0.39 is 17.6 Å². The van der Waals surface area contributed by atoms with Crippen LogP contribution in [0.2, 0.25) is 0 Å². The lowest BCUT2D eigenvalue weighted by Crippen LogP contribution is -2.49. The minimum atomic E-state index is -4.48.